The summed E-state index contributed by atoms with van der Waals surface area (Å²) < 4.78 is 5.97. The number of rotatable bonds is 4. The fourth-order valence-corrected chi connectivity index (χ4v) is 6.49. The smallest absolute Gasteiger partial charge is 0.309 e. The lowest BCUT2D eigenvalue weighted by atomic mass is 9.73. The zero-order valence-corrected chi connectivity index (χ0v) is 26.2. The fourth-order valence-electron chi connectivity index (χ4n) is 5.92. The SMILES string of the molecule is CC(=Cc1csc(C)n1)C1CC2[C@@H](CCC[C@H](C)[C@H](O)[C@@H](C)C(=O)C(C)(C)[C@@H](O)CC(=O)O1)N2C(=O)CC(C)C. The van der Waals surface area contributed by atoms with Crippen LogP contribution in [0.5, 0.6) is 0 Å². The van der Waals surface area contributed by atoms with E-state index in [0.29, 0.717) is 12.8 Å². The second kappa shape index (κ2) is 13.3. The second-order valence-corrected chi connectivity index (χ2v) is 14.0. The number of aliphatic hydroxyl groups excluding tert-OH is 2. The van der Waals surface area contributed by atoms with Crippen LogP contribution in [0.3, 0.4) is 0 Å². The molecule has 224 valence electrons. The molecule has 2 N–H and O–H groups in total. The number of thiazole rings is 1. The first-order chi connectivity index (χ1) is 18.6. The first-order valence-electron chi connectivity index (χ1n) is 14.6. The van der Waals surface area contributed by atoms with Crippen LogP contribution in [0.2, 0.25) is 0 Å². The molecule has 7 atom stereocenters. The van der Waals surface area contributed by atoms with Crippen LogP contribution in [0.1, 0.15) is 97.7 Å². The van der Waals surface area contributed by atoms with Gasteiger partial charge in [0.05, 0.1) is 46.8 Å². The summed E-state index contributed by atoms with van der Waals surface area (Å²) in [6, 6.07) is -0.0119. The molecule has 1 aromatic rings. The van der Waals surface area contributed by atoms with Crippen LogP contribution in [-0.2, 0) is 19.1 Å². The van der Waals surface area contributed by atoms with E-state index in [1.54, 1.807) is 32.1 Å². The largest absolute Gasteiger partial charge is 0.458 e. The molecule has 2 aliphatic heterocycles. The summed E-state index contributed by atoms with van der Waals surface area (Å²) in [5.74, 6) is -1.36. The van der Waals surface area contributed by atoms with Crippen molar-refractivity contribution in [3.8, 4) is 0 Å². The van der Waals surface area contributed by atoms with Gasteiger partial charge in [-0.05, 0) is 50.2 Å². The summed E-state index contributed by atoms with van der Waals surface area (Å²) >= 11 is 1.54. The van der Waals surface area contributed by atoms with Crippen LogP contribution in [0.25, 0.3) is 6.08 Å². The lowest BCUT2D eigenvalue weighted by molar-refractivity contribution is -0.154. The van der Waals surface area contributed by atoms with E-state index in [2.05, 4.69) is 4.98 Å². The molecular formula is C31H48N2O6S. The predicted molar refractivity (Wildman–Crippen MR) is 156 cm³/mol. The highest BCUT2D eigenvalue weighted by Gasteiger charge is 2.51. The molecule has 1 amide bonds. The van der Waals surface area contributed by atoms with E-state index >= 15 is 0 Å². The number of Topliss-reactive ketones (excluding diaryl/α,β-unsaturated/α-hetero) is 1. The quantitative estimate of drug-likeness (QED) is 0.385. The zero-order chi connectivity index (χ0) is 29.9. The van der Waals surface area contributed by atoms with Crippen LogP contribution in [0, 0.1) is 30.1 Å². The van der Waals surface area contributed by atoms with Crippen LogP contribution >= 0.6 is 11.3 Å². The average molecular weight is 577 g/mol. The van der Waals surface area contributed by atoms with E-state index < -0.39 is 35.6 Å². The molecule has 2 saturated heterocycles. The van der Waals surface area contributed by atoms with Crippen molar-refractivity contribution in [1.29, 1.82) is 0 Å². The number of aromatic nitrogens is 1. The van der Waals surface area contributed by atoms with Crippen molar-refractivity contribution in [2.45, 2.75) is 124 Å². The van der Waals surface area contributed by atoms with E-state index in [1.807, 2.05) is 51.0 Å². The van der Waals surface area contributed by atoms with Crippen LogP contribution < -0.4 is 0 Å². The third-order valence-electron chi connectivity index (χ3n) is 8.69. The highest BCUT2D eigenvalue weighted by molar-refractivity contribution is 7.09. The zero-order valence-electron chi connectivity index (χ0n) is 25.3. The van der Waals surface area contributed by atoms with Gasteiger partial charge in [0.2, 0.25) is 5.91 Å². The number of esters is 1. The van der Waals surface area contributed by atoms with Crippen molar-refractivity contribution in [2.75, 3.05) is 0 Å². The average Bonchev–Trinajstić information content (AvgIpc) is 3.39. The van der Waals surface area contributed by atoms with Crippen LogP contribution in [-0.4, -0.2) is 68.2 Å². The molecule has 40 heavy (non-hydrogen) atoms. The van der Waals surface area contributed by atoms with Gasteiger partial charge in [-0.1, -0.05) is 48.0 Å². The van der Waals surface area contributed by atoms with Crippen molar-refractivity contribution >= 4 is 35.1 Å². The number of amides is 1. The Labute approximate surface area is 243 Å². The normalized spacial score (nSPS) is 32.5. The Kier molecular flexibility index (Phi) is 10.7. The number of ketones is 1. The summed E-state index contributed by atoms with van der Waals surface area (Å²) in [5, 5.41) is 24.8. The van der Waals surface area contributed by atoms with Gasteiger partial charge in [0, 0.05) is 24.1 Å². The number of fused-ring (bicyclic) bond motifs is 1. The molecular weight excluding hydrogens is 528 g/mol. The third kappa shape index (κ3) is 7.79. The Bertz CT molecular complexity index is 1100. The number of nitrogens with zero attached hydrogens (tertiary/aromatic N) is 2. The standard InChI is InChI=1S/C31H48N2O6S/c1-17(2)12-27(35)33-23-11-9-10-18(3)29(37)20(5)30(38)31(7,8)26(34)15-28(36)39-25(14-24(23)33)19(4)13-22-16-40-21(6)32-22/h13,16-18,20,23-26,29,34,37H,9-12,14-15H2,1-8H3/t18-,20+,23+,24?,25?,26-,29-,33?/m0/s1. The predicted octanol–water partition coefficient (Wildman–Crippen LogP) is 4.95. The minimum atomic E-state index is -1.27. The van der Waals surface area contributed by atoms with E-state index in [-0.39, 0.29) is 42.0 Å². The molecule has 3 rings (SSSR count). The highest BCUT2D eigenvalue weighted by Crippen LogP contribution is 2.40. The molecule has 2 unspecified atom stereocenters. The number of hydrogen-bond donors (Lipinski definition) is 2. The molecule has 0 radical (unpaired) electrons. The van der Waals surface area contributed by atoms with Crippen molar-refractivity contribution in [2.24, 2.45) is 23.2 Å². The monoisotopic (exact) mass is 576 g/mol. The molecule has 2 aliphatic rings. The molecule has 0 saturated carbocycles. The number of aliphatic hydroxyl groups is 2. The Balaban J connectivity index is 1.93. The van der Waals surface area contributed by atoms with Crippen molar-refractivity contribution in [3.63, 3.8) is 0 Å². The Morgan fingerprint density at radius 3 is 2.50 bits per heavy atom. The molecule has 2 fully saturated rings. The highest BCUT2D eigenvalue weighted by atomic mass is 32.1. The lowest BCUT2D eigenvalue weighted by Gasteiger charge is -2.34. The van der Waals surface area contributed by atoms with Gasteiger partial charge in [0.25, 0.3) is 0 Å². The number of hydrogen-bond acceptors (Lipinski definition) is 8. The number of cyclic esters (lactones) is 1. The van der Waals surface area contributed by atoms with Crippen molar-refractivity contribution < 1.29 is 29.3 Å². The molecule has 3 heterocycles. The van der Waals surface area contributed by atoms with Gasteiger partial charge in [-0.15, -0.1) is 11.3 Å². The molecule has 0 spiro atoms. The molecule has 9 heteroatoms. The molecule has 0 aliphatic carbocycles. The van der Waals surface area contributed by atoms with E-state index in [0.717, 1.165) is 35.5 Å². The van der Waals surface area contributed by atoms with Gasteiger partial charge >= 0.3 is 5.97 Å². The summed E-state index contributed by atoms with van der Waals surface area (Å²) in [6.45, 7) is 14.7. The van der Waals surface area contributed by atoms with Gasteiger partial charge in [-0.3, -0.25) is 14.4 Å². The maximum absolute atomic E-state index is 13.3. The lowest BCUT2D eigenvalue weighted by Crippen LogP contribution is -2.45. The number of carbonyl (C=O) groups excluding carboxylic acids is 3. The molecule has 1 aromatic heterocycles. The Morgan fingerprint density at radius 1 is 1.23 bits per heavy atom. The van der Waals surface area contributed by atoms with E-state index in [4.69, 9.17) is 4.74 Å². The van der Waals surface area contributed by atoms with Gasteiger partial charge < -0.3 is 19.8 Å². The minimum absolute atomic E-state index is 0.0441. The second-order valence-electron chi connectivity index (χ2n) is 12.9. The third-order valence-corrected chi connectivity index (χ3v) is 9.48. The first kappa shape index (κ1) is 32.4. The number of aryl methyl sites for hydroxylation is 1. The summed E-state index contributed by atoms with van der Waals surface area (Å²) in [7, 11) is 0. The van der Waals surface area contributed by atoms with Gasteiger partial charge in [0.1, 0.15) is 11.9 Å². The minimum Gasteiger partial charge on any atom is -0.458 e. The maximum atomic E-state index is 13.3. The molecule has 0 bridgehead atoms. The molecule has 8 nitrogen and oxygen atoms in total. The van der Waals surface area contributed by atoms with Crippen molar-refractivity contribution in [3.05, 3.63) is 21.7 Å². The van der Waals surface area contributed by atoms with Crippen LogP contribution in [0.4, 0.5) is 0 Å². The maximum Gasteiger partial charge on any atom is 0.309 e. The first-order valence-corrected chi connectivity index (χ1v) is 15.5. The van der Waals surface area contributed by atoms with E-state index in [1.165, 1.54) is 0 Å². The topological polar surface area (TPSA) is 117 Å². The Hall–Kier alpha value is -2.10. The van der Waals surface area contributed by atoms with Gasteiger partial charge in [-0.2, -0.15) is 0 Å². The summed E-state index contributed by atoms with van der Waals surface area (Å²) in [5.41, 5.74) is 0.365. The van der Waals surface area contributed by atoms with E-state index in [9.17, 15) is 24.6 Å². The van der Waals surface area contributed by atoms with Gasteiger partial charge in [-0.25, -0.2) is 4.98 Å². The van der Waals surface area contributed by atoms with Crippen molar-refractivity contribution in [1.82, 2.24) is 9.88 Å². The van der Waals surface area contributed by atoms with Crippen LogP contribution in [0.15, 0.2) is 11.0 Å². The number of ether oxygens (including phenoxy) is 1. The van der Waals surface area contributed by atoms with Gasteiger partial charge in [0.15, 0.2) is 0 Å². The Morgan fingerprint density at radius 2 is 1.90 bits per heavy atom. The number of carbonyl (C=O) groups is 3. The molecule has 0 aromatic carbocycles. The fraction of sp³-hybridized carbons (Fsp3) is 0.742. The summed E-state index contributed by atoms with van der Waals surface area (Å²) in [6.07, 6.45) is 2.05. The summed E-state index contributed by atoms with van der Waals surface area (Å²) in [4.78, 5) is 46.1.